The van der Waals surface area contributed by atoms with E-state index >= 15 is 0 Å². The fraction of sp³-hybridized carbons (Fsp3) is 0.333. The largest absolute Gasteiger partial charge is 0.399 e. The topological polar surface area (TPSA) is 52.0 Å². The van der Waals surface area contributed by atoms with Crippen molar-refractivity contribution in [3.05, 3.63) is 29.6 Å². The van der Waals surface area contributed by atoms with Crippen molar-refractivity contribution >= 4 is 5.69 Å². The Labute approximate surface area is 71.4 Å². The van der Waals surface area contributed by atoms with E-state index in [2.05, 4.69) is 0 Å². The molecule has 0 fully saturated rings. The van der Waals surface area contributed by atoms with E-state index in [1.165, 1.54) is 12.1 Å². The first-order valence-electron chi connectivity index (χ1n) is 3.88. The van der Waals surface area contributed by atoms with Gasteiger partial charge in [0.25, 0.3) is 0 Å². The fourth-order valence-electron chi connectivity index (χ4n) is 1.17. The van der Waals surface area contributed by atoms with Crippen LogP contribution in [-0.4, -0.2) is 6.04 Å². The molecule has 0 aliphatic carbocycles. The second-order valence-corrected chi connectivity index (χ2v) is 3.07. The summed E-state index contributed by atoms with van der Waals surface area (Å²) in [5.41, 5.74) is 12.3. The zero-order valence-corrected chi connectivity index (χ0v) is 7.05. The number of hydrogen-bond acceptors (Lipinski definition) is 2. The van der Waals surface area contributed by atoms with E-state index in [9.17, 15) is 4.39 Å². The molecular formula is C9H13FN2. The molecule has 0 amide bonds. The molecule has 4 N–H and O–H groups in total. The van der Waals surface area contributed by atoms with Crippen LogP contribution in [0.4, 0.5) is 10.1 Å². The molecule has 1 unspecified atom stereocenters. The highest BCUT2D eigenvalue weighted by molar-refractivity contribution is 5.41. The molecule has 0 saturated heterocycles. The van der Waals surface area contributed by atoms with E-state index in [0.717, 1.165) is 5.56 Å². The van der Waals surface area contributed by atoms with Crippen LogP contribution in [0.25, 0.3) is 0 Å². The van der Waals surface area contributed by atoms with Gasteiger partial charge < -0.3 is 11.5 Å². The molecule has 0 bridgehead atoms. The maximum atomic E-state index is 12.8. The van der Waals surface area contributed by atoms with Crippen LogP contribution in [-0.2, 0) is 6.42 Å². The van der Waals surface area contributed by atoms with Crippen molar-refractivity contribution in [3.63, 3.8) is 0 Å². The normalized spacial score (nSPS) is 12.9. The van der Waals surface area contributed by atoms with Gasteiger partial charge in [0.1, 0.15) is 5.82 Å². The van der Waals surface area contributed by atoms with Crippen LogP contribution < -0.4 is 11.5 Å². The summed E-state index contributed by atoms with van der Waals surface area (Å²) in [5, 5.41) is 0. The van der Waals surface area contributed by atoms with Gasteiger partial charge in [0.15, 0.2) is 0 Å². The van der Waals surface area contributed by atoms with Gasteiger partial charge in [-0.15, -0.1) is 0 Å². The van der Waals surface area contributed by atoms with E-state index in [-0.39, 0.29) is 11.9 Å². The fourth-order valence-corrected chi connectivity index (χ4v) is 1.17. The molecule has 0 aromatic heterocycles. The molecule has 2 nitrogen and oxygen atoms in total. The van der Waals surface area contributed by atoms with Crippen LogP contribution in [0.5, 0.6) is 0 Å². The highest BCUT2D eigenvalue weighted by Crippen LogP contribution is 2.11. The molecule has 0 radical (unpaired) electrons. The molecule has 0 aliphatic rings. The van der Waals surface area contributed by atoms with Crippen LogP contribution in [0.1, 0.15) is 12.5 Å². The van der Waals surface area contributed by atoms with Crippen LogP contribution in [0.3, 0.4) is 0 Å². The van der Waals surface area contributed by atoms with E-state index < -0.39 is 0 Å². The number of hydrogen-bond donors (Lipinski definition) is 2. The predicted molar refractivity (Wildman–Crippen MR) is 48.2 cm³/mol. The van der Waals surface area contributed by atoms with E-state index in [1.54, 1.807) is 6.07 Å². The van der Waals surface area contributed by atoms with E-state index in [4.69, 9.17) is 11.5 Å². The maximum absolute atomic E-state index is 12.8. The van der Waals surface area contributed by atoms with Gasteiger partial charge in [0, 0.05) is 11.7 Å². The lowest BCUT2D eigenvalue weighted by molar-refractivity contribution is 0.623. The maximum Gasteiger partial charge on any atom is 0.125 e. The molecule has 1 aromatic rings. The first-order chi connectivity index (χ1) is 5.58. The number of anilines is 1. The van der Waals surface area contributed by atoms with Crippen LogP contribution >= 0.6 is 0 Å². The lowest BCUT2D eigenvalue weighted by Gasteiger charge is -2.05. The average Bonchev–Trinajstić information content (AvgIpc) is 1.81. The molecule has 1 aromatic carbocycles. The highest BCUT2D eigenvalue weighted by atomic mass is 19.1. The summed E-state index contributed by atoms with van der Waals surface area (Å²) in [4.78, 5) is 0. The van der Waals surface area contributed by atoms with Crippen molar-refractivity contribution in [2.45, 2.75) is 19.4 Å². The Morgan fingerprint density at radius 2 is 2.08 bits per heavy atom. The lowest BCUT2D eigenvalue weighted by Crippen LogP contribution is -2.17. The molecule has 0 heterocycles. The van der Waals surface area contributed by atoms with E-state index in [1.807, 2.05) is 6.92 Å². The summed E-state index contributed by atoms with van der Waals surface area (Å²) in [6.45, 7) is 1.88. The minimum Gasteiger partial charge on any atom is -0.399 e. The van der Waals surface area contributed by atoms with Gasteiger partial charge in [-0.2, -0.15) is 0 Å². The molecular weight excluding hydrogens is 155 g/mol. The van der Waals surface area contributed by atoms with Crippen LogP contribution in [0.2, 0.25) is 0 Å². The van der Waals surface area contributed by atoms with E-state index in [0.29, 0.717) is 12.1 Å². The summed E-state index contributed by atoms with van der Waals surface area (Å²) in [7, 11) is 0. The summed E-state index contributed by atoms with van der Waals surface area (Å²) >= 11 is 0. The van der Waals surface area contributed by atoms with Gasteiger partial charge in [-0.1, -0.05) is 0 Å². The molecule has 0 aliphatic heterocycles. The number of nitrogen functional groups attached to an aromatic ring is 1. The van der Waals surface area contributed by atoms with Crippen molar-refractivity contribution in [1.82, 2.24) is 0 Å². The number of benzene rings is 1. The highest BCUT2D eigenvalue weighted by Gasteiger charge is 2.00. The third-order valence-corrected chi connectivity index (χ3v) is 1.54. The van der Waals surface area contributed by atoms with Gasteiger partial charge in [0.05, 0.1) is 0 Å². The van der Waals surface area contributed by atoms with Gasteiger partial charge in [-0.05, 0) is 37.1 Å². The third-order valence-electron chi connectivity index (χ3n) is 1.54. The second-order valence-electron chi connectivity index (χ2n) is 3.07. The number of rotatable bonds is 2. The standard InChI is InChI=1S/C9H13FN2/c1-6(11)2-7-3-8(10)5-9(12)4-7/h3-6H,2,11-12H2,1H3. The Kier molecular flexibility index (Phi) is 2.65. The van der Waals surface area contributed by atoms with Crippen molar-refractivity contribution in [1.29, 1.82) is 0 Å². The Morgan fingerprint density at radius 1 is 1.42 bits per heavy atom. The Balaban J connectivity index is 2.85. The molecule has 66 valence electrons. The molecule has 1 rings (SSSR count). The lowest BCUT2D eigenvalue weighted by atomic mass is 10.1. The van der Waals surface area contributed by atoms with Crippen molar-refractivity contribution in [2.75, 3.05) is 5.73 Å². The minimum atomic E-state index is -0.300. The van der Waals surface area contributed by atoms with Gasteiger partial charge in [-0.3, -0.25) is 0 Å². The van der Waals surface area contributed by atoms with Gasteiger partial charge in [-0.25, -0.2) is 4.39 Å². The minimum absolute atomic E-state index is 0.0335. The van der Waals surface area contributed by atoms with Crippen LogP contribution in [0, 0.1) is 5.82 Å². The number of nitrogens with two attached hydrogens (primary N) is 2. The molecule has 1 atom stereocenters. The molecule has 12 heavy (non-hydrogen) atoms. The first kappa shape index (κ1) is 9.00. The van der Waals surface area contributed by atoms with Gasteiger partial charge >= 0.3 is 0 Å². The van der Waals surface area contributed by atoms with Crippen molar-refractivity contribution < 1.29 is 4.39 Å². The zero-order chi connectivity index (χ0) is 9.14. The van der Waals surface area contributed by atoms with Crippen LogP contribution in [0.15, 0.2) is 18.2 Å². The van der Waals surface area contributed by atoms with Crippen molar-refractivity contribution in [3.8, 4) is 0 Å². The number of halogens is 1. The molecule has 3 heteroatoms. The monoisotopic (exact) mass is 168 g/mol. The molecule has 0 spiro atoms. The average molecular weight is 168 g/mol. The smallest absolute Gasteiger partial charge is 0.125 e. The summed E-state index contributed by atoms with van der Waals surface area (Å²) < 4.78 is 12.8. The first-order valence-corrected chi connectivity index (χ1v) is 3.88. The quantitative estimate of drug-likeness (QED) is 0.654. The Hall–Kier alpha value is -1.09. The second kappa shape index (κ2) is 3.54. The van der Waals surface area contributed by atoms with Gasteiger partial charge in [0.2, 0.25) is 0 Å². The predicted octanol–water partition coefficient (Wildman–Crippen LogP) is 1.30. The summed E-state index contributed by atoms with van der Waals surface area (Å²) in [5.74, 6) is -0.300. The Bertz CT molecular complexity index is 251. The van der Waals surface area contributed by atoms with Crippen molar-refractivity contribution in [2.24, 2.45) is 5.73 Å². The SMILES string of the molecule is CC(N)Cc1cc(N)cc(F)c1. The molecule has 0 saturated carbocycles. The Morgan fingerprint density at radius 3 is 2.58 bits per heavy atom. The summed E-state index contributed by atoms with van der Waals surface area (Å²) in [6, 6.07) is 4.53. The summed E-state index contributed by atoms with van der Waals surface area (Å²) in [6.07, 6.45) is 0.655. The zero-order valence-electron chi connectivity index (χ0n) is 7.05. The third kappa shape index (κ3) is 2.51.